The maximum absolute atomic E-state index is 4.38. The highest BCUT2D eigenvalue weighted by molar-refractivity contribution is 7.13. The van der Waals surface area contributed by atoms with Crippen molar-refractivity contribution in [2.45, 2.75) is 6.92 Å². The van der Waals surface area contributed by atoms with Crippen LogP contribution in [0.5, 0.6) is 0 Å². The lowest BCUT2D eigenvalue weighted by Gasteiger charge is -2.36. The van der Waals surface area contributed by atoms with Gasteiger partial charge >= 0.3 is 0 Å². The summed E-state index contributed by atoms with van der Waals surface area (Å²) in [5.74, 6) is 0.951. The number of hydrogen-bond acceptors (Lipinski definition) is 6. The molecule has 0 aliphatic carbocycles. The fraction of sp³-hybridized carbons (Fsp3) is 0.429. The Morgan fingerprint density at radius 2 is 1.95 bits per heavy atom. The molecule has 0 bridgehead atoms. The predicted molar refractivity (Wildman–Crippen MR) is 84.9 cm³/mol. The Kier molecular flexibility index (Phi) is 4.01. The molecule has 1 aliphatic rings. The van der Waals surface area contributed by atoms with Crippen LogP contribution in [0.2, 0.25) is 0 Å². The lowest BCUT2D eigenvalue weighted by Crippen LogP contribution is -2.46. The highest BCUT2D eigenvalue weighted by atomic mass is 32.1. The highest BCUT2D eigenvalue weighted by Gasteiger charge is 2.19. The zero-order valence-electron chi connectivity index (χ0n) is 11.6. The summed E-state index contributed by atoms with van der Waals surface area (Å²) in [6.07, 6.45) is 3.75. The van der Waals surface area contributed by atoms with Crippen LogP contribution in [0.25, 0.3) is 0 Å². The van der Waals surface area contributed by atoms with Crippen molar-refractivity contribution in [1.29, 1.82) is 0 Å². The van der Waals surface area contributed by atoms with Crippen molar-refractivity contribution in [3.63, 3.8) is 0 Å². The van der Waals surface area contributed by atoms with E-state index in [9.17, 15) is 0 Å². The zero-order chi connectivity index (χ0) is 13.8. The van der Waals surface area contributed by atoms with Gasteiger partial charge in [0.2, 0.25) is 0 Å². The number of aromatic nitrogens is 2. The Morgan fingerprint density at radius 3 is 2.65 bits per heavy atom. The van der Waals surface area contributed by atoms with Crippen molar-refractivity contribution in [2.24, 2.45) is 0 Å². The number of nitrogens with zero attached hydrogens (tertiary/aromatic N) is 4. The van der Waals surface area contributed by atoms with Crippen molar-refractivity contribution in [3.05, 3.63) is 29.9 Å². The molecule has 0 atom stereocenters. The molecule has 6 heteroatoms. The molecule has 106 valence electrons. The van der Waals surface area contributed by atoms with E-state index < -0.39 is 0 Å². The van der Waals surface area contributed by atoms with E-state index in [2.05, 4.69) is 44.1 Å². The molecule has 0 spiro atoms. The van der Waals surface area contributed by atoms with Crippen LogP contribution >= 0.6 is 11.3 Å². The van der Waals surface area contributed by atoms with Crippen molar-refractivity contribution < 1.29 is 0 Å². The van der Waals surface area contributed by atoms with E-state index in [1.165, 1.54) is 5.69 Å². The lowest BCUT2D eigenvalue weighted by atomic mass is 10.2. The highest BCUT2D eigenvalue weighted by Crippen LogP contribution is 2.23. The number of pyridine rings is 1. The monoisotopic (exact) mass is 289 g/mol. The minimum absolute atomic E-state index is 0.897. The first-order chi connectivity index (χ1) is 9.86. The van der Waals surface area contributed by atoms with E-state index in [0.29, 0.717) is 0 Å². The normalized spacial score (nSPS) is 15.4. The summed E-state index contributed by atoms with van der Waals surface area (Å²) in [5.41, 5.74) is 1.25. The van der Waals surface area contributed by atoms with Crippen LogP contribution in [0.4, 0.5) is 16.6 Å². The third kappa shape index (κ3) is 2.85. The molecule has 5 nitrogen and oxygen atoms in total. The summed E-state index contributed by atoms with van der Waals surface area (Å²) in [5, 5.41) is 6.43. The first kappa shape index (κ1) is 13.2. The minimum atomic E-state index is 0.897. The van der Waals surface area contributed by atoms with Gasteiger partial charge < -0.3 is 15.1 Å². The van der Waals surface area contributed by atoms with Gasteiger partial charge in [-0.1, -0.05) is 0 Å². The topological polar surface area (TPSA) is 44.3 Å². The summed E-state index contributed by atoms with van der Waals surface area (Å²) < 4.78 is 0. The third-order valence-electron chi connectivity index (χ3n) is 3.44. The first-order valence-corrected chi connectivity index (χ1v) is 7.84. The van der Waals surface area contributed by atoms with Gasteiger partial charge in [-0.3, -0.25) is 0 Å². The molecule has 1 fully saturated rings. The number of nitrogens with one attached hydrogen (secondary N) is 1. The van der Waals surface area contributed by atoms with Crippen LogP contribution in [0.1, 0.15) is 6.92 Å². The van der Waals surface area contributed by atoms with Crippen LogP contribution in [-0.2, 0) is 0 Å². The van der Waals surface area contributed by atoms with E-state index in [-0.39, 0.29) is 0 Å². The minimum Gasteiger partial charge on any atom is -0.370 e. The van der Waals surface area contributed by atoms with E-state index >= 15 is 0 Å². The smallest absolute Gasteiger partial charge is 0.185 e. The zero-order valence-corrected chi connectivity index (χ0v) is 12.4. The fourth-order valence-electron chi connectivity index (χ4n) is 2.42. The van der Waals surface area contributed by atoms with Crippen LogP contribution < -0.4 is 15.1 Å². The van der Waals surface area contributed by atoms with Gasteiger partial charge in [-0.2, -0.15) is 0 Å². The summed E-state index contributed by atoms with van der Waals surface area (Å²) in [6, 6.07) is 4.21. The van der Waals surface area contributed by atoms with Gasteiger partial charge in [-0.25, -0.2) is 9.97 Å². The van der Waals surface area contributed by atoms with Gasteiger partial charge in [0.1, 0.15) is 5.82 Å². The summed E-state index contributed by atoms with van der Waals surface area (Å²) in [4.78, 5) is 13.5. The van der Waals surface area contributed by atoms with Crippen LogP contribution in [0, 0.1) is 0 Å². The summed E-state index contributed by atoms with van der Waals surface area (Å²) >= 11 is 1.71. The Hall–Kier alpha value is -1.82. The van der Waals surface area contributed by atoms with Crippen LogP contribution in [0.15, 0.2) is 29.9 Å². The van der Waals surface area contributed by atoms with Gasteiger partial charge in [-0.05, 0) is 13.0 Å². The molecule has 0 saturated carbocycles. The van der Waals surface area contributed by atoms with Crippen LogP contribution in [-0.4, -0.2) is 42.7 Å². The second-order valence-electron chi connectivity index (χ2n) is 4.72. The molecule has 3 rings (SSSR count). The maximum atomic E-state index is 4.38. The standard InChI is InChI=1S/C14H19N5S/c1-2-15-13-11-12(3-4-16-13)18-6-8-19(9-7-18)14-17-5-10-20-14/h3-5,10-11H,2,6-9H2,1H3,(H,15,16). The number of hydrogen-bond donors (Lipinski definition) is 1. The maximum Gasteiger partial charge on any atom is 0.185 e. The largest absolute Gasteiger partial charge is 0.370 e. The summed E-state index contributed by atoms with van der Waals surface area (Å²) in [7, 11) is 0. The van der Waals surface area contributed by atoms with Gasteiger partial charge in [0.15, 0.2) is 5.13 Å². The SMILES string of the molecule is CCNc1cc(N2CCN(c3nccs3)CC2)ccn1. The first-order valence-electron chi connectivity index (χ1n) is 6.96. The molecule has 2 aromatic rings. The molecule has 0 amide bonds. The number of piperazine rings is 1. The lowest BCUT2D eigenvalue weighted by molar-refractivity contribution is 0.652. The van der Waals surface area contributed by atoms with Crippen molar-refractivity contribution in [3.8, 4) is 0 Å². The Morgan fingerprint density at radius 1 is 1.15 bits per heavy atom. The van der Waals surface area contributed by atoms with Gasteiger partial charge in [0, 0.05) is 62.3 Å². The van der Waals surface area contributed by atoms with E-state index in [0.717, 1.165) is 43.7 Å². The Balaban J connectivity index is 1.64. The second kappa shape index (κ2) is 6.09. The summed E-state index contributed by atoms with van der Waals surface area (Å²) in [6.45, 7) is 7.07. The molecular weight excluding hydrogens is 270 g/mol. The molecule has 0 aromatic carbocycles. The van der Waals surface area contributed by atoms with Gasteiger partial charge in [0.25, 0.3) is 0 Å². The number of anilines is 3. The molecule has 3 heterocycles. The Labute approximate surface area is 123 Å². The number of thiazole rings is 1. The molecule has 20 heavy (non-hydrogen) atoms. The molecule has 1 saturated heterocycles. The van der Waals surface area contributed by atoms with Crippen molar-refractivity contribution in [2.75, 3.05) is 47.8 Å². The number of rotatable bonds is 4. The Bertz CT molecular complexity index is 534. The average molecular weight is 289 g/mol. The van der Waals surface area contributed by atoms with E-state index in [1.807, 2.05) is 17.8 Å². The van der Waals surface area contributed by atoms with Crippen LogP contribution in [0.3, 0.4) is 0 Å². The van der Waals surface area contributed by atoms with E-state index in [1.54, 1.807) is 11.3 Å². The fourth-order valence-corrected chi connectivity index (χ4v) is 3.12. The second-order valence-corrected chi connectivity index (χ2v) is 5.59. The third-order valence-corrected chi connectivity index (χ3v) is 4.27. The molecule has 1 aliphatic heterocycles. The van der Waals surface area contributed by atoms with Gasteiger partial charge in [0.05, 0.1) is 0 Å². The molecule has 1 N–H and O–H groups in total. The molecule has 0 unspecified atom stereocenters. The molecule has 2 aromatic heterocycles. The molecular formula is C14H19N5S. The quantitative estimate of drug-likeness (QED) is 0.935. The molecule has 0 radical (unpaired) electrons. The van der Waals surface area contributed by atoms with Crippen molar-refractivity contribution >= 4 is 28.0 Å². The van der Waals surface area contributed by atoms with Crippen molar-refractivity contribution in [1.82, 2.24) is 9.97 Å². The van der Waals surface area contributed by atoms with Gasteiger partial charge in [-0.15, -0.1) is 11.3 Å². The predicted octanol–water partition coefficient (Wildman–Crippen LogP) is 2.30. The average Bonchev–Trinajstić information content (AvgIpc) is 3.02. The van der Waals surface area contributed by atoms with E-state index in [4.69, 9.17) is 0 Å².